The molecule has 1 saturated carbocycles. The van der Waals surface area contributed by atoms with E-state index in [0.717, 1.165) is 58.6 Å². The fourth-order valence-electron chi connectivity index (χ4n) is 5.28. The Labute approximate surface area is 213 Å². The van der Waals surface area contributed by atoms with E-state index in [1.54, 1.807) is 6.20 Å². The maximum atomic E-state index is 13.4. The Balaban J connectivity index is 1.51. The SMILES string of the molecule is Cn1c(=O)[nH]c2nn(Cc3ccc(-c4ccccn4)cc3)c(N(c3ccccc3)C3CCCC3)c2c1=O. The molecular formula is C29H28N6O2. The van der Waals surface area contributed by atoms with Gasteiger partial charge in [0.25, 0.3) is 5.56 Å². The maximum Gasteiger partial charge on any atom is 0.329 e. The highest BCUT2D eigenvalue weighted by Gasteiger charge is 2.30. The average molecular weight is 493 g/mol. The second-order valence-electron chi connectivity index (χ2n) is 9.55. The van der Waals surface area contributed by atoms with E-state index < -0.39 is 5.69 Å². The first-order chi connectivity index (χ1) is 18.1. The lowest BCUT2D eigenvalue weighted by atomic mass is 10.1. The highest BCUT2D eigenvalue weighted by molar-refractivity contribution is 5.90. The quantitative estimate of drug-likeness (QED) is 0.374. The van der Waals surface area contributed by atoms with Crippen molar-refractivity contribution in [2.45, 2.75) is 38.3 Å². The average Bonchev–Trinajstić information content (AvgIpc) is 3.58. The van der Waals surface area contributed by atoms with E-state index in [-0.39, 0.29) is 11.6 Å². The molecule has 1 aliphatic rings. The van der Waals surface area contributed by atoms with Gasteiger partial charge in [-0.05, 0) is 42.7 Å². The Hall–Kier alpha value is -4.46. The van der Waals surface area contributed by atoms with E-state index in [4.69, 9.17) is 5.10 Å². The van der Waals surface area contributed by atoms with Crippen LogP contribution in [-0.2, 0) is 13.6 Å². The van der Waals surface area contributed by atoms with Crippen LogP contribution in [0, 0.1) is 0 Å². The molecule has 6 rings (SSSR count). The van der Waals surface area contributed by atoms with Crippen LogP contribution in [-0.4, -0.2) is 30.4 Å². The molecular weight excluding hydrogens is 464 g/mol. The summed E-state index contributed by atoms with van der Waals surface area (Å²) in [6.45, 7) is 0.452. The van der Waals surface area contributed by atoms with Gasteiger partial charge in [0.15, 0.2) is 5.65 Å². The lowest BCUT2D eigenvalue weighted by Gasteiger charge is -2.31. The molecule has 2 aromatic carbocycles. The number of rotatable bonds is 6. The standard InChI is InChI=1S/C29H28N6O2/c1-33-28(36)25-26(31-29(33)37)32-34(19-20-14-16-21(17-15-20)24-13-7-8-18-30-24)27(25)35(23-11-5-6-12-23)22-9-3-2-4-10-22/h2-4,7-10,13-18,23H,5-6,11-12,19H2,1H3,(H,31,32,37). The zero-order valence-corrected chi connectivity index (χ0v) is 20.7. The Morgan fingerprint density at radius 3 is 2.38 bits per heavy atom. The number of aromatic amines is 1. The van der Waals surface area contributed by atoms with E-state index in [1.807, 2.05) is 53.2 Å². The molecule has 8 heteroatoms. The van der Waals surface area contributed by atoms with Crippen molar-refractivity contribution in [2.75, 3.05) is 4.90 Å². The molecule has 0 amide bonds. The van der Waals surface area contributed by atoms with Gasteiger partial charge in [-0.2, -0.15) is 5.10 Å². The fourth-order valence-corrected chi connectivity index (χ4v) is 5.28. The number of anilines is 2. The summed E-state index contributed by atoms with van der Waals surface area (Å²) in [5, 5.41) is 5.20. The van der Waals surface area contributed by atoms with Crippen molar-refractivity contribution < 1.29 is 0 Å². The minimum atomic E-state index is -0.472. The van der Waals surface area contributed by atoms with Crippen molar-refractivity contribution in [2.24, 2.45) is 7.05 Å². The first kappa shape index (κ1) is 23.0. The van der Waals surface area contributed by atoms with Gasteiger partial charge in [-0.15, -0.1) is 0 Å². The predicted molar refractivity (Wildman–Crippen MR) is 145 cm³/mol. The van der Waals surface area contributed by atoms with Crippen LogP contribution in [0.4, 0.5) is 11.5 Å². The van der Waals surface area contributed by atoms with Gasteiger partial charge in [0.2, 0.25) is 0 Å². The van der Waals surface area contributed by atoms with E-state index >= 15 is 0 Å². The number of aromatic nitrogens is 5. The summed E-state index contributed by atoms with van der Waals surface area (Å²) in [5.74, 6) is 0.721. The van der Waals surface area contributed by atoms with Crippen LogP contribution in [0.1, 0.15) is 31.2 Å². The third-order valence-electron chi connectivity index (χ3n) is 7.17. The first-order valence-electron chi connectivity index (χ1n) is 12.6. The molecule has 186 valence electrons. The topological polar surface area (TPSA) is 88.8 Å². The van der Waals surface area contributed by atoms with Gasteiger partial charge < -0.3 is 4.90 Å². The third kappa shape index (κ3) is 4.24. The van der Waals surface area contributed by atoms with Gasteiger partial charge >= 0.3 is 5.69 Å². The number of nitrogens with one attached hydrogen (secondary N) is 1. The van der Waals surface area contributed by atoms with Gasteiger partial charge in [-0.1, -0.05) is 61.4 Å². The van der Waals surface area contributed by atoms with E-state index in [1.165, 1.54) is 7.05 Å². The molecule has 0 saturated heterocycles. The number of benzene rings is 2. The number of fused-ring (bicyclic) bond motifs is 1. The molecule has 0 unspecified atom stereocenters. The van der Waals surface area contributed by atoms with Crippen molar-refractivity contribution in [1.29, 1.82) is 0 Å². The molecule has 3 aromatic heterocycles. The normalized spacial score (nSPS) is 13.9. The van der Waals surface area contributed by atoms with Crippen LogP contribution < -0.4 is 16.1 Å². The van der Waals surface area contributed by atoms with Crippen molar-refractivity contribution in [3.63, 3.8) is 0 Å². The van der Waals surface area contributed by atoms with Crippen molar-refractivity contribution in [1.82, 2.24) is 24.3 Å². The number of H-pyrrole nitrogens is 1. The summed E-state index contributed by atoms with van der Waals surface area (Å²) in [6, 6.07) is 24.5. The molecule has 8 nitrogen and oxygen atoms in total. The van der Waals surface area contributed by atoms with Crippen LogP contribution in [0.5, 0.6) is 0 Å². The summed E-state index contributed by atoms with van der Waals surface area (Å²) < 4.78 is 2.99. The Kier molecular flexibility index (Phi) is 5.92. The number of hydrogen-bond donors (Lipinski definition) is 1. The van der Waals surface area contributed by atoms with Crippen LogP contribution in [0.2, 0.25) is 0 Å². The highest BCUT2D eigenvalue weighted by atomic mass is 16.2. The van der Waals surface area contributed by atoms with Crippen molar-refractivity contribution in [3.8, 4) is 11.3 Å². The van der Waals surface area contributed by atoms with Crippen molar-refractivity contribution >= 4 is 22.5 Å². The van der Waals surface area contributed by atoms with Crippen LogP contribution in [0.15, 0.2) is 88.6 Å². The first-order valence-corrected chi connectivity index (χ1v) is 12.6. The minimum absolute atomic E-state index is 0.240. The number of hydrogen-bond acceptors (Lipinski definition) is 5. The molecule has 0 aliphatic heterocycles. The third-order valence-corrected chi connectivity index (χ3v) is 7.17. The molecule has 1 N–H and O–H groups in total. The lowest BCUT2D eigenvalue weighted by molar-refractivity contribution is 0.625. The van der Waals surface area contributed by atoms with Crippen LogP contribution >= 0.6 is 0 Å². The van der Waals surface area contributed by atoms with Crippen molar-refractivity contribution in [3.05, 3.63) is 105 Å². The summed E-state index contributed by atoms with van der Waals surface area (Å²) in [7, 11) is 1.50. The zero-order chi connectivity index (χ0) is 25.4. The molecule has 0 atom stereocenters. The number of pyridine rings is 1. The summed E-state index contributed by atoms with van der Waals surface area (Å²) >= 11 is 0. The molecule has 3 heterocycles. The molecule has 1 fully saturated rings. The monoisotopic (exact) mass is 492 g/mol. The van der Waals surface area contributed by atoms with Gasteiger partial charge in [-0.25, -0.2) is 9.48 Å². The van der Waals surface area contributed by atoms with E-state index in [9.17, 15) is 9.59 Å². The minimum Gasteiger partial charge on any atom is -0.323 e. The smallest absolute Gasteiger partial charge is 0.323 e. The largest absolute Gasteiger partial charge is 0.329 e. The Morgan fingerprint density at radius 2 is 1.68 bits per heavy atom. The zero-order valence-electron chi connectivity index (χ0n) is 20.7. The van der Waals surface area contributed by atoms with Gasteiger partial charge in [0.1, 0.15) is 11.2 Å². The summed E-state index contributed by atoms with van der Waals surface area (Å²) in [4.78, 5) is 35.4. The second-order valence-corrected chi connectivity index (χ2v) is 9.55. The predicted octanol–water partition coefficient (Wildman–Crippen LogP) is 4.61. The fraction of sp³-hybridized carbons (Fsp3) is 0.241. The van der Waals surface area contributed by atoms with Crippen LogP contribution in [0.3, 0.4) is 0 Å². The molecule has 0 spiro atoms. The molecule has 0 bridgehead atoms. The Morgan fingerprint density at radius 1 is 0.946 bits per heavy atom. The van der Waals surface area contributed by atoms with Gasteiger partial charge in [-0.3, -0.25) is 19.3 Å². The van der Waals surface area contributed by atoms with Crippen LogP contribution in [0.25, 0.3) is 22.3 Å². The van der Waals surface area contributed by atoms with Gasteiger partial charge in [0.05, 0.1) is 12.2 Å². The summed E-state index contributed by atoms with van der Waals surface area (Å²) in [6.07, 6.45) is 6.13. The molecule has 37 heavy (non-hydrogen) atoms. The Bertz CT molecular complexity index is 1650. The highest BCUT2D eigenvalue weighted by Crippen LogP contribution is 2.37. The molecule has 5 aromatic rings. The van der Waals surface area contributed by atoms with Gasteiger partial charge in [0, 0.05) is 30.5 Å². The summed E-state index contributed by atoms with van der Waals surface area (Å²) in [5.41, 5.74) is 3.49. The van der Waals surface area contributed by atoms with E-state index in [0.29, 0.717) is 17.6 Å². The number of para-hydroxylation sites is 1. The number of nitrogens with zero attached hydrogens (tertiary/aromatic N) is 5. The molecule has 1 aliphatic carbocycles. The lowest BCUT2D eigenvalue weighted by Crippen LogP contribution is -2.35. The second kappa shape index (κ2) is 9.54. The van der Waals surface area contributed by atoms with E-state index in [2.05, 4.69) is 39.1 Å². The molecule has 0 radical (unpaired) electrons. The maximum absolute atomic E-state index is 13.4.